The molecule has 0 aliphatic heterocycles. The quantitative estimate of drug-likeness (QED) is 0.684. The van der Waals surface area contributed by atoms with Gasteiger partial charge >= 0.3 is 0 Å². The molecular formula is C17H15N4S+. The van der Waals surface area contributed by atoms with Gasteiger partial charge in [-0.1, -0.05) is 23.3 Å². The number of hydrogen-bond donors (Lipinski definition) is 0. The minimum absolute atomic E-state index is 0.835. The Morgan fingerprint density at radius 1 is 1.09 bits per heavy atom. The maximum atomic E-state index is 4.45. The second-order valence-corrected chi connectivity index (χ2v) is 5.82. The Kier molecular flexibility index (Phi) is 4.12. The fraction of sp³-hybridized carbons (Fsp3) is 0.118. The molecule has 3 aromatic heterocycles. The lowest BCUT2D eigenvalue weighted by Crippen LogP contribution is -2.12. The van der Waals surface area contributed by atoms with Gasteiger partial charge in [0.15, 0.2) is 0 Å². The Morgan fingerprint density at radius 2 is 1.95 bits per heavy atom. The normalized spacial score (nSPS) is 9.91. The van der Waals surface area contributed by atoms with Gasteiger partial charge in [-0.3, -0.25) is 0 Å². The van der Waals surface area contributed by atoms with Crippen LogP contribution in [0, 0.1) is 18.8 Å². The molecule has 0 saturated heterocycles. The van der Waals surface area contributed by atoms with Crippen LogP contribution in [0.15, 0.2) is 48.1 Å². The number of pyridine rings is 2. The van der Waals surface area contributed by atoms with Gasteiger partial charge in [-0.15, -0.1) is 0 Å². The van der Waals surface area contributed by atoms with Crippen LogP contribution in [0.2, 0.25) is 0 Å². The van der Waals surface area contributed by atoms with Crippen molar-refractivity contribution < 1.29 is 4.98 Å². The molecule has 0 aliphatic carbocycles. The summed E-state index contributed by atoms with van der Waals surface area (Å²) in [5, 5.41) is 3.16. The lowest BCUT2D eigenvalue weighted by Gasteiger charge is -2.16. The van der Waals surface area contributed by atoms with Crippen molar-refractivity contribution in [2.75, 3.05) is 11.9 Å². The van der Waals surface area contributed by atoms with E-state index in [9.17, 15) is 0 Å². The third kappa shape index (κ3) is 3.30. The summed E-state index contributed by atoms with van der Waals surface area (Å²) in [6.07, 6.45) is 3.55. The van der Waals surface area contributed by atoms with Crippen LogP contribution in [0.25, 0.3) is 0 Å². The van der Waals surface area contributed by atoms with Crippen LogP contribution in [0.4, 0.5) is 11.6 Å². The molecule has 22 heavy (non-hydrogen) atoms. The largest absolute Gasteiger partial charge is 0.314 e. The highest BCUT2D eigenvalue weighted by molar-refractivity contribution is 7.09. The van der Waals surface area contributed by atoms with Crippen molar-refractivity contribution in [1.29, 1.82) is 0 Å². The van der Waals surface area contributed by atoms with E-state index in [0.717, 1.165) is 27.9 Å². The van der Waals surface area contributed by atoms with Gasteiger partial charge in [-0.2, -0.15) is 4.98 Å². The molecule has 3 aromatic rings. The highest BCUT2D eigenvalue weighted by atomic mass is 32.1. The standard InChI is InChI=1S/C17H14N4S/c1-13-20-15(12-22-13)8-6-14-7-9-17(19-11-14)21(2)16-5-3-4-10-18-16/h3-5,7,9-12H,1-2H3/p+1. The molecule has 4 nitrogen and oxygen atoms in total. The number of aryl methyl sites for hydroxylation is 1. The number of rotatable bonds is 2. The molecule has 108 valence electrons. The highest BCUT2D eigenvalue weighted by Gasteiger charge is 2.05. The molecule has 0 atom stereocenters. The SMILES string of the molecule is Cc1[nH+]c(C#Cc2ccc(N(C)c3ccccn3)nc2)cs1. The lowest BCUT2D eigenvalue weighted by molar-refractivity contribution is -0.383. The topological polar surface area (TPSA) is 43.2 Å². The van der Waals surface area contributed by atoms with Crippen LogP contribution in [-0.4, -0.2) is 17.0 Å². The summed E-state index contributed by atoms with van der Waals surface area (Å²) in [7, 11) is 1.94. The fourth-order valence-electron chi connectivity index (χ4n) is 1.92. The monoisotopic (exact) mass is 307 g/mol. The summed E-state index contributed by atoms with van der Waals surface area (Å²) in [4.78, 5) is 13.9. The molecule has 0 aromatic carbocycles. The van der Waals surface area contributed by atoms with E-state index in [1.807, 2.05) is 54.6 Å². The van der Waals surface area contributed by atoms with Crippen molar-refractivity contribution >= 4 is 23.0 Å². The van der Waals surface area contributed by atoms with Crippen molar-refractivity contribution in [3.05, 3.63) is 64.4 Å². The number of H-pyrrole nitrogens is 1. The lowest BCUT2D eigenvalue weighted by atomic mass is 10.2. The minimum Gasteiger partial charge on any atom is -0.314 e. The first kappa shape index (κ1) is 14.2. The summed E-state index contributed by atoms with van der Waals surface area (Å²) in [6, 6.07) is 9.71. The van der Waals surface area contributed by atoms with Gasteiger partial charge in [-0.05, 0) is 24.3 Å². The van der Waals surface area contributed by atoms with Gasteiger partial charge in [0, 0.05) is 37.8 Å². The van der Waals surface area contributed by atoms with Crippen molar-refractivity contribution in [2.24, 2.45) is 0 Å². The van der Waals surface area contributed by atoms with Crippen LogP contribution < -0.4 is 9.88 Å². The Labute approximate surface area is 133 Å². The molecule has 5 heteroatoms. The number of anilines is 2. The molecule has 3 heterocycles. The molecule has 0 saturated carbocycles. The number of aromatic nitrogens is 3. The van der Waals surface area contributed by atoms with E-state index in [1.165, 1.54) is 0 Å². The molecule has 0 bridgehead atoms. The molecule has 0 amide bonds. The van der Waals surface area contributed by atoms with Gasteiger partial charge in [-0.25, -0.2) is 9.97 Å². The van der Waals surface area contributed by atoms with Crippen LogP contribution in [0.5, 0.6) is 0 Å². The summed E-state index contributed by atoms with van der Waals surface area (Å²) in [5.74, 6) is 7.90. The van der Waals surface area contributed by atoms with E-state index in [-0.39, 0.29) is 0 Å². The van der Waals surface area contributed by atoms with Gasteiger partial charge in [0.2, 0.25) is 5.01 Å². The molecule has 0 unspecified atom stereocenters. The van der Waals surface area contributed by atoms with Crippen molar-refractivity contribution in [2.45, 2.75) is 6.92 Å². The van der Waals surface area contributed by atoms with Gasteiger partial charge in [0.25, 0.3) is 5.69 Å². The smallest absolute Gasteiger partial charge is 0.266 e. The molecule has 0 fully saturated rings. The van der Waals surface area contributed by atoms with Crippen molar-refractivity contribution in [3.8, 4) is 11.8 Å². The number of hydrogen-bond acceptors (Lipinski definition) is 4. The summed E-state index contributed by atoms with van der Waals surface area (Å²) >= 11 is 1.66. The number of aromatic amines is 1. The first-order valence-corrected chi connectivity index (χ1v) is 7.70. The van der Waals surface area contributed by atoms with Crippen LogP contribution >= 0.6 is 11.3 Å². The van der Waals surface area contributed by atoms with E-state index < -0.39 is 0 Å². The third-order valence-corrected chi connectivity index (χ3v) is 3.90. The maximum absolute atomic E-state index is 4.45. The molecule has 3 rings (SSSR count). The average Bonchev–Trinajstić information content (AvgIpc) is 2.99. The van der Waals surface area contributed by atoms with E-state index in [2.05, 4.69) is 26.8 Å². The van der Waals surface area contributed by atoms with Crippen LogP contribution in [-0.2, 0) is 0 Å². The zero-order valence-corrected chi connectivity index (χ0v) is 13.2. The van der Waals surface area contributed by atoms with E-state index in [1.54, 1.807) is 23.7 Å². The molecule has 1 N–H and O–H groups in total. The van der Waals surface area contributed by atoms with E-state index >= 15 is 0 Å². The number of nitrogens with zero attached hydrogens (tertiary/aromatic N) is 3. The second-order valence-electron chi connectivity index (χ2n) is 4.73. The summed E-state index contributed by atoms with van der Waals surface area (Å²) in [6.45, 7) is 2.03. The van der Waals surface area contributed by atoms with Crippen molar-refractivity contribution in [3.63, 3.8) is 0 Å². The van der Waals surface area contributed by atoms with Crippen LogP contribution in [0.3, 0.4) is 0 Å². The predicted octanol–water partition coefficient (Wildman–Crippen LogP) is 2.83. The summed E-state index contributed by atoms with van der Waals surface area (Å²) < 4.78 is 0. The maximum Gasteiger partial charge on any atom is 0.266 e. The third-order valence-electron chi connectivity index (χ3n) is 3.09. The van der Waals surface area contributed by atoms with Gasteiger partial charge < -0.3 is 4.90 Å². The number of thiazole rings is 1. The highest BCUT2D eigenvalue weighted by Crippen LogP contribution is 2.18. The molecule has 0 spiro atoms. The first-order chi connectivity index (χ1) is 10.7. The molecule has 0 aliphatic rings. The summed E-state index contributed by atoms with van der Waals surface area (Å²) in [5.41, 5.74) is 1.81. The second kappa shape index (κ2) is 6.37. The Bertz CT molecular complexity index is 813. The zero-order chi connectivity index (χ0) is 15.4. The van der Waals surface area contributed by atoms with E-state index in [4.69, 9.17) is 0 Å². The van der Waals surface area contributed by atoms with Crippen molar-refractivity contribution in [1.82, 2.24) is 9.97 Å². The average molecular weight is 307 g/mol. The van der Waals surface area contributed by atoms with Gasteiger partial charge in [0.05, 0.1) is 5.38 Å². The Morgan fingerprint density at radius 3 is 2.59 bits per heavy atom. The molecular weight excluding hydrogens is 292 g/mol. The van der Waals surface area contributed by atoms with Crippen LogP contribution in [0.1, 0.15) is 16.3 Å². The van der Waals surface area contributed by atoms with E-state index in [0.29, 0.717) is 0 Å². The zero-order valence-electron chi connectivity index (χ0n) is 12.4. The Balaban J connectivity index is 1.77. The Hall–Kier alpha value is -2.71. The first-order valence-electron chi connectivity index (χ1n) is 6.82. The molecule has 0 radical (unpaired) electrons. The number of nitrogens with one attached hydrogen (secondary N) is 1. The fourth-order valence-corrected chi connectivity index (χ4v) is 2.51. The predicted molar refractivity (Wildman–Crippen MR) is 88.1 cm³/mol. The minimum atomic E-state index is 0.835. The van der Waals surface area contributed by atoms with Gasteiger partial charge in [0.1, 0.15) is 11.6 Å².